The van der Waals surface area contributed by atoms with Crippen molar-refractivity contribution in [2.45, 2.75) is 19.9 Å². The fraction of sp³-hybridized carbons (Fsp3) is 0.250. The molecule has 3 aromatic rings. The fourth-order valence-electron chi connectivity index (χ4n) is 2.70. The van der Waals surface area contributed by atoms with E-state index in [1.807, 2.05) is 65.5 Å². The van der Waals surface area contributed by atoms with Gasteiger partial charge in [0.05, 0.1) is 11.4 Å². The molecule has 4 heteroatoms. The first-order chi connectivity index (χ1) is 11.8. The maximum absolute atomic E-state index is 5.84. The Morgan fingerprint density at radius 3 is 2.38 bits per heavy atom. The van der Waals surface area contributed by atoms with Crippen molar-refractivity contribution in [3.63, 3.8) is 0 Å². The van der Waals surface area contributed by atoms with E-state index in [4.69, 9.17) is 4.74 Å². The van der Waals surface area contributed by atoms with E-state index in [0.29, 0.717) is 0 Å². The summed E-state index contributed by atoms with van der Waals surface area (Å²) in [6, 6.07) is 19.9. The summed E-state index contributed by atoms with van der Waals surface area (Å²) in [7, 11) is 2.14. The van der Waals surface area contributed by atoms with Gasteiger partial charge in [-0.25, -0.2) is 4.68 Å². The molecule has 0 aliphatic rings. The minimum Gasteiger partial charge on any atom is -0.457 e. The van der Waals surface area contributed by atoms with Gasteiger partial charge in [-0.05, 0) is 62.5 Å². The van der Waals surface area contributed by atoms with Crippen LogP contribution in [0.5, 0.6) is 11.5 Å². The molecule has 0 spiro atoms. The van der Waals surface area contributed by atoms with Crippen LogP contribution in [0.2, 0.25) is 0 Å². The van der Waals surface area contributed by atoms with Crippen molar-refractivity contribution in [3.05, 3.63) is 72.6 Å². The summed E-state index contributed by atoms with van der Waals surface area (Å²) in [6.45, 7) is 4.16. The molecule has 0 amide bonds. The van der Waals surface area contributed by atoms with E-state index in [-0.39, 0.29) is 0 Å². The molecule has 124 valence electrons. The van der Waals surface area contributed by atoms with Crippen LogP contribution < -0.4 is 4.74 Å². The van der Waals surface area contributed by atoms with Gasteiger partial charge in [0.15, 0.2) is 0 Å². The molecule has 0 bridgehead atoms. The van der Waals surface area contributed by atoms with E-state index in [1.54, 1.807) is 0 Å². The highest BCUT2D eigenvalue weighted by Crippen LogP contribution is 2.22. The van der Waals surface area contributed by atoms with E-state index in [9.17, 15) is 0 Å². The Labute approximate surface area is 143 Å². The van der Waals surface area contributed by atoms with Crippen LogP contribution in [0, 0.1) is 0 Å². The van der Waals surface area contributed by atoms with Crippen molar-refractivity contribution in [1.82, 2.24) is 14.7 Å². The minimum absolute atomic E-state index is 0.821. The van der Waals surface area contributed by atoms with Crippen molar-refractivity contribution >= 4 is 0 Å². The number of nitrogens with zero attached hydrogens (tertiary/aromatic N) is 3. The Kier molecular flexibility index (Phi) is 5.29. The van der Waals surface area contributed by atoms with Crippen LogP contribution in [-0.4, -0.2) is 28.3 Å². The third-order valence-corrected chi connectivity index (χ3v) is 3.82. The van der Waals surface area contributed by atoms with Gasteiger partial charge >= 0.3 is 0 Å². The highest BCUT2D eigenvalue weighted by Gasteiger charge is 2.08. The van der Waals surface area contributed by atoms with Crippen molar-refractivity contribution < 1.29 is 4.74 Å². The SMILES string of the molecule is CCCN(C)Cc1ccnn1-c1ccc(Oc2ccccc2)cc1. The average molecular weight is 321 g/mol. The lowest BCUT2D eigenvalue weighted by Gasteiger charge is -2.16. The standard InChI is InChI=1S/C20H23N3O/c1-3-15-22(2)16-18-13-14-21-23(18)17-9-11-20(12-10-17)24-19-7-5-4-6-8-19/h4-14H,3,15-16H2,1-2H3. The van der Waals surface area contributed by atoms with Gasteiger partial charge < -0.3 is 9.64 Å². The smallest absolute Gasteiger partial charge is 0.127 e. The second kappa shape index (κ2) is 7.79. The first-order valence-corrected chi connectivity index (χ1v) is 8.31. The Morgan fingerprint density at radius 1 is 0.958 bits per heavy atom. The molecule has 0 atom stereocenters. The Morgan fingerprint density at radius 2 is 1.67 bits per heavy atom. The molecule has 0 saturated heterocycles. The molecule has 0 N–H and O–H groups in total. The van der Waals surface area contributed by atoms with E-state index >= 15 is 0 Å². The van der Waals surface area contributed by atoms with Crippen LogP contribution >= 0.6 is 0 Å². The maximum Gasteiger partial charge on any atom is 0.127 e. The van der Waals surface area contributed by atoms with E-state index < -0.39 is 0 Å². The van der Waals surface area contributed by atoms with Crippen LogP contribution in [-0.2, 0) is 6.54 Å². The quantitative estimate of drug-likeness (QED) is 0.641. The summed E-state index contributed by atoms with van der Waals surface area (Å²) < 4.78 is 7.82. The second-order valence-corrected chi connectivity index (χ2v) is 5.88. The van der Waals surface area contributed by atoms with Crippen LogP contribution in [0.25, 0.3) is 5.69 Å². The highest BCUT2D eigenvalue weighted by molar-refractivity contribution is 5.40. The maximum atomic E-state index is 5.84. The van der Waals surface area contributed by atoms with Gasteiger partial charge in [-0.15, -0.1) is 0 Å². The second-order valence-electron chi connectivity index (χ2n) is 5.88. The summed E-state index contributed by atoms with van der Waals surface area (Å²) in [6.07, 6.45) is 3.00. The third kappa shape index (κ3) is 4.03. The lowest BCUT2D eigenvalue weighted by molar-refractivity contribution is 0.320. The van der Waals surface area contributed by atoms with Crippen molar-refractivity contribution in [1.29, 1.82) is 0 Å². The molecule has 4 nitrogen and oxygen atoms in total. The molecule has 0 aliphatic heterocycles. The average Bonchev–Trinajstić information content (AvgIpc) is 3.05. The molecule has 3 rings (SSSR count). The molecule has 0 fully saturated rings. The van der Waals surface area contributed by atoms with Crippen LogP contribution in [0.15, 0.2) is 66.9 Å². The largest absolute Gasteiger partial charge is 0.457 e. The van der Waals surface area contributed by atoms with Crippen molar-refractivity contribution in [3.8, 4) is 17.2 Å². The number of benzene rings is 2. The molecule has 0 radical (unpaired) electrons. The van der Waals surface area contributed by atoms with Crippen molar-refractivity contribution in [2.24, 2.45) is 0 Å². The summed E-state index contributed by atoms with van der Waals surface area (Å²) >= 11 is 0. The predicted octanol–water partition coefficient (Wildman–Crippen LogP) is 4.51. The van der Waals surface area contributed by atoms with Gasteiger partial charge in [-0.1, -0.05) is 25.1 Å². The first-order valence-electron chi connectivity index (χ1n) is 8.31. The Hall–Kier alpha value is -2.59. The molecule has 0 unspecified atom stereocenters. The van der Waals surface area contributed by atoms with Gasteiger partial charge in [0.25, 0.3) is 0 Å². The Balaban J connectivity index is 1.73. The fourth-order valence-corrected chi connectivity index (χ4v) is 2.70. The molecule has 2 aromatic carbocycles. The van der Waals surface area contributed by atoms with E-state index in [0.717, 1.165) is 36.7 Å². The van der Waals surface area contributed by atoms with Crippen LogP contribution in [0.1, 0.15) is 19.0 Å². The van der Waals surface area contributed by atoms with E-state index in [2.05, 4.69) is 30.0 Å². The van der Waals surface area contributed by atoms with Crippen LogP contribution in [0.4, 0.5) is 0 Å². The zero-order chi connectivity index (χ0) is 16.8. The van der Waals surface area contributed by atoms with Crippen molar-refractivity contribution in [2.75, 3.05) is 13.6 Å². The summed E-state index contributed by atoms with van der Waals surface area (Å²) in [4.78, 5) is 2.31. The Bertz CT molecular complexity index is 750. The highest BCUT2D eigenvalue weighted by atomic mass is 16.5. The van der Waals surface area contributed by atoms with Gasteiger partial charge in [0, 0.05) is 12.7 Å². The number of ether oxygens (including phenoxy) is 1. The van der Waals surface area contributed by atoms with Gasteiger partial charge in [-0.2, -0.15) is 5.10 Å². The molecule has 24 heavy (non-hydrogen) atoms. The molecule has 0 aliphatic carbocycles. The van der Waals surface area contributed by atoms with Gasteiger partial charge in [0.1, 0.15) is 11.5 Å². The third-order valence-electron chi connectivity index (χ3n) is 3.82. The zero-order valence-corrected chi connectivity index (χ0v) is 14.2. The number of aromatic nitrogens is 2. The number of hydrogen-bond acceptors (Lipinski definition) is 3. The number of hydrogen-bond donors (Lipinski definition) is 0. The van der Waals surface area contributed by atoms with Crippen LogP contribution in [0.3, 0.4) is 0 Å². The van der Waals surface area contributed by atoms with Gasteiger partial charge in [0.2, 0.25) is 0 Å². The topological polar surface area (TPSA) is 30.3 Å². The van der Waals surface area contributed by atoms with E-state index in [1.165, 1.54) is 5.69 Å². The molecular weight excluding hydrogens is 298 g/mol. The number of para-hydroxylation sites is 1. The zero-order valence-electron chi connectivity index (χ0n) is 14.2. The molecule has 1 heterocycles. The molecule has 1 aromatic heterocycles. The molecular formula is C20H23N3O. The number of rotatable bonds is 7. The first kappa shape index (κ1) is 16.3. The van der Waals surface area contributed by atoms with Gasteiger partial charge in [-0.3, -0.25) is 0 Å². The monoisotopic (exact) mass is 321 g/mol. The lowest BCUT2D eigenvalue weighted by atomic mass is 10.3. The summed E-state index contributed by atoms with van der Waals surface area (Å²) in [5, 5.41) is 4.46. The predicted molar refractivity (Wildman–Crippen MR) is 96.7 cm³/mol. The normalized spacial score (nSPS) is 11.0. The summed E-state index contributed by atoms with van der Waals surface area (Å²) in [5.74, 6) is 1.66. The lowest BCUT2D eigenvalue weighted by Crippen LogP contribution is -2.20. The minimum atomic E-state index is 0.821. The molecule has 0 saturated carbocycles. The summed E-state index contributed by atoms with van der Waals surface area (Å²) in [5.41, 5.74) is 2.22.